The number of fused-ring (bicyclic) bond motifs is 1. The van der Waals surface area contributed by atoms with E-state index in [0.29, 0.717) is 24.7 Å². The van der Waals surface area contributed by atoms with Gasteiger partial charge in [-0.2, -0.15) is 0 Å². The fourth-order valence-corrected chi connectivity index (χ4v) is 3.03. The molecule has 16 heavy (non-hydrogen) atoms. The molecule has 0 saturated heterocycles. The molecular formula is C12H16O4. The van der Waals surface area contributed by atoms with Crippen molar-refractivity contribution in [2.75, 3.05) is 0 Å². The second kappa shape index (κ2) is 4.28. The maximum absolute atomic E-state index is 11.1. The van der Waals surface area contributed by atoms with Gasteiger partial charge in [-0.1, -0.05) is 12.2 Å². The number of rotatable bonds is 2. The van der Waals surface area contributed by atoms with Crippen molar-refractivity contribution in [1.82, 2.24) is 0 Å². The molecule has 2 unspecified atom stereocenters. The van der Waals surface area contributed by atoms with Crippen LogP contribution in [0.2, 0.25) is 0 Å². The second-order valence-electron chi connectivity index (χ2n) is 4.82. The third kappa shape index (κ3) is 1.96. The van der Waals surface area contributed by atoms with Crippen LogP contribution in [-0.2, 0) is 9.59 Å². The van der Waals surface area contributed by atoms with E-state index in [9.17, 15) is 9.59 Å². The van der Waals surface area contributed by atoms with Crippen LogP contribution in [0, 0.1) is 23.7 Å². The van der Waals surface area contributed by atoms with Crippen LogP contribution < -0.4 is 0 Å². The minimum atomic E-state index is -0.958. The van der Waals surface area contributed by atoms with Gasteiger partial charge in [-0.3, -0.25) is 9.59 Å². The van der Waals surface area contributed by atoms with Crippen molar-refractivity contribution in [2.24, 2.45) is 23.7 Å². The maximum atomic E-state index is 11.1. The summed E-state index contributed by atoms with van der Waals surface area (Å²) in [6, 6.07) is 0. The molecule has 0 bridgehead atoms. The lowest BCUT2D eigenvalue weighted by Gasteiger charge is -2.39. The first-order valence-electron chi connectivity index (χ1n) is 5.70. The van der Waals surface area contributed by atoms with Crippen molar-refractivity contribution in [3.63, 3.8) is 0 Å². The highest BCUT2D eigenvalue weighted by molar-refractivity contribution is 5.80. The first-order valence-corrected chi connectivity index (χ1v) is 5.70. The van der Waals surface area contributed by atoms with Gasteiger partial charge >= 0.3 is 11.9 Å². The number of carboxylic acid groups (broad SMARTS) is 2. The van der Waals surface area contributed by atoms with Crippen molar-refractivity contribution in [2.45, 2.75) is 25.7 Å². The zero-order valence-corrected chi connectivity index (χ0v) is 9.00. The summed E-state index contributed by atoms with van der Waals surface area (Å²) >= 11 is 0. The summed E-state index contributed by atoms with van der Waals surface area (Å²) in [5.41, 5.74) is 0. The van der Waals surface area contributed by atoms with Gasteiger partial charge in [0.05, 0.1) is 11.8 Å². The molecule has 0 heterocycles. The van der Waals surface area contributed by atoms with Crippen LogP contribution in [0.5, 0.6) is 0 Å². The molecule has 88 valence electrons. The summed E-state index contributed by atoms with van der Waals surface area (Å²) < 4.78 is 0. The Morgan fingerprint density at radius 1 is 0.875 bits per heavy atom. The number of allylic oxidation sites excluding steroid dienone is 2. The second-order valence-corrected chi connectivity index (χ2v) is 4.82. The Labute approximate surface area is 94.0 Å². The number of hydrogen-bond donors (Lipinski definition) is 2. The fourth-order valence-electron chi connectivity index (χ4n) is 3.03. The molecule has 0 amide bonds. The van der Waals surface area contributed by atoms with E-state index in [2.05, 4.69) is 12.2 Å². The molecule has 0 aliphatic heterocycles. The summed E-state index contributed by atoms with van der Waals surface area (Å²) in [4.78, 5) is 22.1. The van der Waals surface area contributed by atoms with Crippen molar-refractivity contribution in [3.8, 4) is 0 Å². The van der Waals surface area contributed by atoms with Gasteiger partial charge in [-0.25, -0.2) is 0 Å². The maximum Gasteiger partial charge on any atom is 0.307 e. The lowest BCUT2D eigenvalue weighted by atomic mass is 9.65. The summed E-state index contributed by atoms with van der Waals surface area (Å²) in [5, 5.41) is 18.1. The predicted molar refractivity (Wildman–Crippen MR) is 56.8 cm³/mol. The lowest BCUT2D eigenvalue weighted by Crippen LogP contribution is -2.40. The van der Waals surface area contributed by atoms with E-state index < -0.39 is 23.8 Å². The molecule has 0 spiro atoms. The van der Waals surface area contributed by atoms with Crippen LogP contribution in [0.1, 0.15) is 25.7 Å². The van der Waals surface area contributed by atoms with Gasteiger partial charge in [0.25, 0.3) is 0 Å². The van der Waals surface area contributed by atoms with Gasteiger partial charge in [-0.15, -0.1) is 0 Å². The highest BCUT2D eigenvalue weighted by atomic mass is 16.4. The molecule has 2 N–H and O–H groups in total. The first kappa shape index (κ1) is 11.2. The summed E-state index contributed by atoms with van der Waals surface area (Å²) in [6.07, 6.45) is 7.01. The zero-order chi connectivity index (χ0) is 11.7. The van der Waals surface area contributed by atoms with Crippen molar-refractivity contribution in [1.29, 1.82) is 0 Å². The largest absolute Gasteiger partial charge is 0.481 e. The molecule has 1 saturated carbocycles. The highest BCUT2D eigenvalue weighted by Crippen LogP contribution is 2.43. The van der Waals surface area contributed by atoms with E-state index >= 15 is 0 Å². The minimum Gasteiger partial charge on any atom is -0.481 e. The van der Waals surface area contributed by atoms with E-state index in [-0.39, 0.29) is 0 Å². The molecule has 2 rings (SSSR count). The number of hydrogen-bond acceptors (Lipinski definition) is 2. The molecule has 0 radical (unpaired) electrons. The molecule has 4 nitrogen and oxygen atoms in total. The van der Waals surface area contributed by atoms with Crippen LogP contribution in [0.15, 0.2) is 12.2 Å². The number of carbonyl (C=O) groups is 2. The van der Waals surface area contributed by atoms with Gasteiger partial charge < -0.3 is 10.2 Å². The Morgan fingerprint density at radius 2 is 1.25 bits per heavy atom. The van der Waals surface area contributed by atoms with Gasteiger partial charge in [0.15, 0.2) is 0 Å². The standard InChI is InChI=1S/C12H16O4/c13-11(14)9-5-7-3-1-2-4-8(7)6-10(9)12(15)16/h1-2,7-10H,3-6H2,(H,13,14)(H,15,16)/t7-,8+,9?,10?. The van der Waals surface area contributed by atoms with Gasteiger partial charge in [0.1, 0.15) is 0 Å². The highest BCUT2D eigenvalue weighted by Gasteiger charge is 2.43. The fraction of sp³-hybridized carbons (Fsp3) is 0.667. The molecule has 0 aromatic heterocycles. The normalized spacial score (nSPS) is 37.8. The van der Waals surface area contributed by atoms with E-state index in [0.717, 1.165) is 12.8 Å². The van der Waals surface area contributed by atoms with Crippen LogP contribution >= 0.6 is 0 Å². The Hall–Kier alpha value is -1.32. The van der Waals surface area contributed by atoms with Crippen LogP contribution in [0.4, 0.5) is 0 Å². The molecule has 2 aliphatic rings. The third-order valence-corrected chi connectivity index (χ3v) is 3.94. The summed E-state index contributed by atoms with van der Waals surface area (Å²) in [6.45, 7) is 0. The Kier molecular flexibility index (Phi) is 2.99. The predicted octanol–water partition coefficient (Wildman–Crippen LogP) is 1.76. The SMILES string of the molecule is O=C(O)C1C[C@H]2CC=CC[C@H]2CC1C(=O)O. The quantitative estimate of drug-likeness (QED) is 0.701. The molecule has 2 aliphatic carbocycles. The lowest BCUT2D eigenvalue weighted by molar-refractivity contribution is -0.158. The molecule has 4 heteroatoms. The topological polar surface area (TPSA) is 74.6 Å². The van der Waals surface area contributed by atoms with Crippen molar-refractivity contribution in [3.05, 3.63) is 12.2 Å². The van der Waals surface area contributed by atoms with Crippen LogP contribution in [-0.4, -0.2) is 22.2 Å². The van der Waals surface area contributed by atoms with Gasteiger partial charge in [0, 0.05) is 0 Å². The smallest absolute Gasteiger partial charge is 0.307 e. The van der Waals surface area contributed by atoms with E-state index in [1.165, 1.54) is 0 Å². The van der Waals surface area contributed by atoms with Crippen molar-refractivity contribution < 1.29 is 19.8 Å². The summed E-state index contributed by atoms with van der Waals surface area (Å²) in [5.74, 6) is -2.60. The molecule has 0 aromatic rings. The first-order chi connectivity index (χ1) is 7.59. The van der Waals surface area contributed by atoms with Crippen molar-refractivity contribution >= 4 is 11.9 Å². The van der Waals surface area contributed by atoms with E-state index in [4.69, 9.17) is 10.2 Å². The average Bonchev–Trinajstić information content (AvgIpc) is 2.27. The summed E-state index contributed by atoms with van der Waals surface area (Å²) in [7, 11) is 0. The Balaban J connectivity index is 2.16. The van der Waals surface area contributed by atoms with Gasteiger partial charge in [-0.05, 0) is 37.5 Å². The zero-order valence-electron chi connectivity index (χ0n) is 9.00. The Morgan fingerprint density at radius 3 is 1.56 bits per heavy atom. The minimum absolute atomic E-state index is 0.363. The van der Waals surface area contributed by atoms with E-state index in [1.807, 2.05) is 0 Å². The van der Waals surface area contributed by atoms with Crippen LogP contribution in [0.25, 0.3) is 0 Å². The Bertz CT molecular complexity index is 302. The monoisotopic (exact) mass is 224 g/mol. The van der Waals surface area contributed by atoms with Gasteiger partial charge in [0.2, 0.25) is 0 Å². The average molecular weight is 224 g/mol. The molecule has 1 fully saturated rings. The van der Waals surface area contributed by atoms with E-state index in [1.54, 1.807) is 0 Å². The number of aliphatic carboxylic acids is 2. The third-order valence-electron chi connectivity index (χ3n) is 3.94. The molecule has 0 aromatic carbocycles. The molecule has 4 atom stereocenters. The number of carboxylic acids is 2. The molecular weight excluding hydrogens is 208 g/mol. The van der Waals surface area contributed by atoms with Crippen LogP contribution in [0.3, 0.4) is 0 Å².